The molecule has 0 saturated carbocycles. The highest BCUT2D eigenvalue weighted by Crippen LogP contribution is 2.34. The van der Waals surface area contributed by atoms with Crippen molar-refractivity contribution in [2.45, 2.75) is 25.2 Å². The number of nitrogens with zero attached hydrogens (tertiary/aromatic N) is 11. The van der Waals surface area contributed by atoms with Crippen molar-refractivity contribution in [1.82, 2.24) is 50.0 Å². The zero-order chi connectivity index (χ0) is 31.9. The normalized spacial score (nSPS) is 12.6. The Kier molecular flexibility index (Phi) is 7.65. The van der Waals surface area contributed by atoms with Crippen molar-refractivity contribution < 1.29 is 31.1 Å². The van der Waals surface area contributed by atoms with Crippen LogP contribution in [0.5, 0.6) is 0 Å². The number of hydrogen-bond donors (Lipinski definition) is 0. The summed E-state index contributed by atoms with van der Waals surface area (Å²) in [5, 5.41) is 35.7. The Balaban J connectivity index is 1.43. The quantitative estimate of drug-likeness (QED) is 0.130. The number of rotatable bonds is 8. The van der Waals surface area contributed by atoms with Gasteiger partial charge in [-0.25, -0.2) is 4.39 Å². The minimum atomic E-state index is -4.69. The van der Waals surface area contributed by atoms with Crippen LogP contribution in [0.25, 0.3) is 27.9 Å². The molecular weight excluding hydrogens is 632 g/mol. The molecule has 1 aromatic carbocycles. The topological polar surface area (TPSA) is 132 Å². The van der Waals surface area contributed by atoms with E-state index in [4.69, 9.17) is 11.6 Å². The van der Waals surface area contributed by atoms with E-state index in [1.807, 2.05) is 0 Å². The maximum absolute atomic E-state index is 15.3. The summed E-state index contributed by atoms with van der Waals surface area (Å²) in [6.45, 7) is -3.02. The van der Waals surface area contributed by atoms with E-state index in [0.717, 1.165) is 24.7 Å². The first-order valence-corrected chi connectivity index (χ1v) is 13.1. The van der Waals surface area contributed by atoms with Gasteiger partial charge in [-0.3, -0.25) is 9.67 Å². The number of pyridine rings is 2. The molecule has 19 heteroatoms. The van der Waals surface area contributed by atoms with Gasteiger partial charge in [0.25, 0.3) is 0 Å². The fraction of sp³-hybridized carbons (Fsp3) is 0.154. The fourth-order valence-electron chi connectivity index (χ4n) is 4.63. The van der Waals surface area contributed by atoms with Crippen LogP contribution in [0, 0.1) is 11.0 Å². The summed E-state index contributed by atoms with van der Waals surface area (Å²) < 4.78 is 84.3. The maximum Gasteiger partial charge on any atom is 0.433 e. The van der Waals surface area contributed by atoms with Crippen LogP contribution in [-0.2, 0) is 12.6 Å². The van der Waals surface area contributed by atoms with Crippen molar-refractivity contribution in [3.8, 4) is 27.9 Å². The van der Waals surface area contributed by atoms with Crippen LogP contribution < -0.4 is 4.73 Å². The minimum Gasteiger partial charge on any atom is -0.618 e. The molecule has 5 heterocycles. The Morgan fingerprint density at radius 3 is 2.51 bits per heavy atom. The van der Waals surface area contributed by atoms with Crippen LogP contribution in [-0.4, -0.2) is 50.0 Å². The number of hydrogen-bond acceptors (Lipinski definition) is 8. The van der Waals surface area contributed by atoms with Crippen LogP contribution >= 0.6 is 11.6 Å². The molecule has 0 saturated heterocycles. The number of aromatic nitrogens is 11. The second-order valence-corrected chi connectivity index (χ2v) is 9.88. The molecule has 0 bridgehead atoms. The van der Waals surface area contributed by atoms with Gasteiger partial charge in [0.1, 0.15) is 18.1 Å². The number of benzene rings is 1. The number of halogens is 7. The van der Waals surface area contributed by atoms with Gasteiger partial charge in [-0.15, -0.1) is 9.90 Å². The molecule has 6 rings (SSSR count). The van der Waals surface area contributed by atoms with Crippen LogP contribution in [0.1, 0.15) is 29.7 Å². The van der Waals surface area contributed by atoms with E-state index in [1.54, 1.807) is 0 Å². The van der Waals surface area contributed by atoms with Crippen molar-refractivity contribution >= 4 is 11.6 Å². The van der Waals surface area contributed by atoms with Gasteiger partial charge in [0, 0.05) is 30.4 Å². The molecule has 45 heavy (non-hydrogen) atoms. The van der Waals surface area contributed by atoms with Gasteiger partial charge < -0.3 is 5.21 Å². The van der Waals surface area contributed by atoms with E-state index in [2.05, 4.69) is 35.8 Å². The summed E-state index contributed by atoms with van der Waals surface area (Å²) in [5.74, 6) is -0.843. The molecule has 0 amide bonds. The molecule has 0 aliphatic heterocycles. The molecule has 1 atom stereocenters. The standard InChI is InChI=1S/C26H16ClF6N11O/c27-18-2-4-20(42-13-35-39-40-42)23(24(18)28)15-1-3-19(43(45)12-15)21(8-17-10-37-44(38-17)25(29)30)41-11-16(9-36-41)14-5-6-34-22(7-14)26(31,32)33/h1-7,9-13,21,25H,8H2/t21-/m1/s1. The van der Waals surface area contributed by atoms with Crippen molar-refractivity contribution in [1.29, 1.82) is 0 Å². The largest absolute Gasteiger partial charge is 0.618 e. The molecule has 12 nitrogen and oxygen atoms in total. The van der Waals surface area contributed by atoms with Crippen molar-refractivity contribution in [2.75, 3.05) is 0 Å². The highest BCUT2D eigenvalue weighted by molar-refractivity contribution is 6.31. The van der Waals surface area contributed by atoms with Gasteiger partial charge in [-0.1, -0.05) is 11.6 Å². The number of tetrazole rings is 1. The van der Waals surface area contributed by atoms with Crippen molar-refractivity contribution in [2.24, 2.45) is 0 Å². The third kappa shape index (κ3) is 5.91. The first-order chi connectivity index (χ1) is 21.5. The molecule has 0 radical (unpaired) electrons. The van der Waals surface area contributed by atoms with Crippen LogP contribution in [0.2, 0.25) is 5.02 Å². The van der Waals surface area contributed by atoms with Crippen LogP contribution in [0.15, 0.2) is 73.7 Å². The predicted molar refractivity (Wildman–Crippen MR) is 142 cm³/mol. The summed E-state index contributed by atoms with van der Waals surface area (Å²) in [7, 11) is 0. The average molecular weight is 648 g/mol. The smallest absolute Gasteiger partial charge is 0.433 e. The Labute approximate surface area is 252 Å². The molecule has 0 aliphatic rings. The van der Waals surface area contributed by atoms with Gasteiger partial charge in [0.2, 0.25) is 5.69 Å². The molecule has 230 valence electrons. The lowest BCUT2D eigenvalue weighted by molar-refractivity contribution is -0.615. The lowest BCUT2D eigenvalue weighted by Crippen LogP contribution is -2.36. The summed E-state index contributed by atoms with van der Waals surface area (Å²) in [6.07, 6.45) is 2.19. The Morgan fingerprint density at radius 1 is 1.00 bits per heavy atom. The van der Waals surface area contributed by atoms with E-state index in [0.29, 0.717) is 4.73 Å². The van der Waals surface area contributed by atoms with Gasteiger partial charge in [-0.2, -0.15) is 46.7 Å². The summed E-state index contributed by atoms with van der Waals surface area (Å²) in [6, 6.07) is 6.72. The van der Waals surface area contributed by atoms with Gasteiger partial charge in [-0.05, 0) is 46.3 Å². The van der Waals surface area contributed by atoms with E-state index < -0.39 is 30.3 Å². The lowest BCUT2D eigenvalue weighted by Gasteiger charge is -2.17. The number of alkyl halides is 5. The maximum atomic E-state index is 15.3. The molecule has 5 aromatic heterocycles. The van der Waals surface area contributed by atoms with Gasteiger partial charge in [0.15, 0.2) is 12.0 Å². The minimum absolute atomic E-state index is 0.0112. The van der Waals surface area contributed by atoms with E-state index in [1.165, 1.54) is 58.4 Å². The zero-order valence-corrected chi connectivity index (χ0v) is 23.0. The third-order valence-electron chi connectivity index (χ3n) is 6.68. The van der Waals surface area contributed by atoms with Gasteiger partial charge in [0.05, 0.1) is 39.9 Å². The highest BCUT2D eigenvalue weighted by atomic mass is 35.5. The first kappa shape index (κ1) is 29.7. The Bertz CT molecular complexity index is 1980. The molecule has 0 spiro atoms. The molecule has 0 unspecified atom stereocenters. The Hall–Kier alpha value is -5.39. The lowest BCUT2D eigenvalue weighted by atomic mass is 10.0. The average Bonchev–Trinajstić information content (AvgIpc) is 3.80. The summed E-state index contributed by atoms with van der Waals surface area (Å²) in [4.78, 5) is 3.54. The molecule has 0 aliphatic carbocycles. The summed E-state index contributed by atoms with van der Waals surface area (Å²) >= 11 is 6.03. The second kappa shape index (κ2) is 11.6. The molecule has 6 aromatic rings. The SMILES string of the molecule is [O-][n+]1cc(-c2c(-n3cnnn3)ccc(Cl)c2F)ccc1[C@@H](Cc1cnn(C(F)F)n1)n1cc(-c2ccnc(C(F)(F)F)c2)cn1. The molecule has 0 fully saturated rings. The van der Waals surface area contributed by atoms with Crippen LogP contribution in [0.4, 0.5) is 26.3 Å². The van der Waals surface area contributed by atoms with Crippen molar-refractivity contribution in [3.63, 3.8) is 0 Å². The summed E-state index contributed by atoms with van der Waals surface area (Å²) in [5.41, 5.74) is -0.449. The fourth-order valence-corrected chi connectivity index (χ4v) is 4.78. The van der Waals surface area contributed by atoms with Crippen LogP contribution in [0.3, 0.4) is 0 Å². The van der Waals surface area contributed by atoms with E-state index in [9.17, 15) is 27.2 Å². The zero-order valence-electron chi connectivity index (χ0n) is 22.3. The molecule has 0 N–H and O–H groups in total. The Morgan fingerprint density at radius 2 is 1.82 bits per heavy atom. The van der Waals surface area contributed by atoms with Gasteiger partial charge >= 0.3 is 12.7 Å². The highest BCUT2D eigenvalue weighted by Gasteiger charge is 2.33. The monoisotopic (exact) mass is 647 g/mol. The predicted octanol–water partition coefficient (Wildman–Crippen LogP) is 4.85. The van der Waals surface area contributed by atoms with E-state index in [-0.39, 0.29) is 55.6 Å². The molecular formula is C26H16ClF6N11O. The van der Waals surface area contributed by atoms with E-state index >= 15 is 4.39 Å². The first-order valence-electron chi connectivity index (χ1n) is 12.7. The second-order valence-electron chi connectivity index (χ2n) is 9.47. The van der Waals surface area contributed by atoms with Crippen molar-refractivity contribution in [3.05, 3.63) is 107 Å². The third-order valence-corrected chi connectivity index (χ3v) is 6.97.